The lowest BCUT2D eigenvalue weighted by molar-refractivity contribution is -0.116. The van der Waals surface area contributed by atoms with Gasteiger partial charge < -0.3 is 14.8 Å². The maximum atomic E-state index is 12.1. The third-order valence-electron chi connectivity index (χ3n) is 3.83. The molecule has 0 unspecified atom stereocenters. The Labute approximate surface area is 164 Å². The Morgan fingerprint density at radius 1 is 1.04 bits per heavy atom. The maximum absolute atomic E-state index is 12.1. The van der Waals surface area contributed by atoms with Crippen LogP contribution in [0.3, 0.4) is 0 Å². The van der Waals surface area contributed by atoms with E-state index in [0.717, 1.165) is 40.1 Å². The van der Waals surface area contributed by atoms with Crippen molar-refractivity contribution in [2.24, 2.45) is 0 Å². The van der Waals surface area contributed by atoms with Crippen LogP contribution in [-0.4, -0.2) is 19.1 Å². The fourth-order valence-electron chi connectivity index (χ4n) is 2.44. The van der Waals surface area contributed by atoms with Gasteiger partial charge in [0.2, 0.25) is 5.91 Å². The van der Waals surface area contributed by atoms with E-state index >= 15 is 0 Å². The summed E-state index contributed by atoms with van der Waals surface area (Å²) < 4.78 is 12.5. The van der Waals surface area contributed by atoms with E-state index in [1.54, 1.807) is 0 Å². The lowest BCUT2D eigenvalue weighted by Gasteiger charge is -2.13. The lowest BCUT2D eigenvalue weighted by atomic mass is 10.1. The molecule has 4 nitrogen and oxygen atoms in total. The van der Waals surface area contributed by atoms with E-state index in [1.165, 1.54) is 0 Å². The van der Waals surface area contributed by atoms with Crippen molar-refractivity contribution in [3.63, 3.8) is 0 Å². The van der Waals surface area contributed by atoms with Crippen LogP contribution in [0.4, 0.5) is 5.69 Å². The molecule has 2 aromatic rings. The van der Waals surface area contributed by atoms with Gasteiger partial charge in [0, 0.05) is 16.6 Å². The summed E-state index contributed by atoms with van der Waals surface area (Å²) in [5.74, 6) is 1.51. The number of amides is 1. The summed E-state index contributed by atoms with van der Waals surface area (Å²) in [7, 11) is 0. The average Bonchev–Trinajstić information content (AvgIpc) is 2.64. The number of aryl methyl sites for hydroxylation is 1. The van der Waals surface area contributed by atoms with Crippen LogP contribution in [0.15, 0.2) is 46.9 Å². The summed E-state index contributed by atoms with van der Waals surface area (Å²) in [4.78, 5) is 12.1. The van der Waals surface area contributed by atoms with Crippen molar-refractivity contribution in [1.29, 1.82) is 0 Å². The van der Waals surface area contributed by atoms with Crippen molar-refractivity contribution < 1.29 is 14.3 Å². The van der Waals surface area contributed by atoms with Crippen molar-refractivity contribution in [2.45, 2.75) is 39.5 Å². The minimum absolute atomic E-state index is 0.00597. The Morgan fingerprint density at radius 2 is 1.81 bits per heavy atom. The molecule has 2 rings (SSSR count). The van der Waals surface area contributed by atoms with E-state index in [9.17, 15) is 4.79 Å². The fraction of sp³-hybridized carbons (Fsp3) is 0.381. The Hall–Kier alpha value is -2.01. The molecule has 0 aliphatic heterocycles. The molecular formula is C21H26BrNO3. The molecule has 0 aliphatic carbocycles. The Balaban J connectivity index is 1.92. The SMILES string of the molecule is CCCCOc1ccc(CCC(=O)Nc2ccc(Br)cc2)cc1OCC. The van der Waals surface area contributed by atoms with Crippen LogP contribution in [0.1, 0.15) is 38.7 Å². The highest BCUT2D eigenvalue weighted by Gasteiger charge is 2.09. The molecule has 1 amide bonds. The van der Waals surface area contributed by atoms with Crippen LogP contribution in [-0.2, 0) is 11.2 Å². The van der Waals surface area contributed by atoms with Crippen molar-refractivity contribution in [1.82, 2.24) is 0 Å². The molecule has 0 fully saturated rings. The molecule has 0 atom stereocenters. The van der Waals surface area contributed by atoms with Gasteiger partial charge in [0.05, 0.1) is 13.2 Å². The van der Waals surface area contributed by atoms with Gasteiger partial charge in [-0.2, -0.15) is 0 Å². The number of nitrogens with one attached hydrogen (secondary N) is 1. The summed E-state index contributed by atoms with van der Waals surface area (Å²) in [6, 6.07) is 13.5. The van der Waals surface area contributed by atoms with Gasteiger partial charge >= 0.3 is 0 Å². The predicted octanol–water partition coefficient (Wildman–Crippen LogP) is 5.60. The highest BCUT2D eigenvalue weighted by atomic mass is 79.9. The second-order valence-corrected chi connectivity index (χ2v) is 6.89. The normalized spacial score (nSPS) is 10.4. The van der Waals surface area contributed by atoms with Crippen LogP contribution in [0, 0.1) is 0 Å². The summed E-state index contributed by atoms with van der Waals surface area (Å²) in [5.41, 5.74) is 1.86. The average molecular weight is 420 g/mol. The minimum Gasteiger partial charge on any atom is -0.490 e. The van der Waals surface area contributed by atoms with E-state index in [-0.39, 0.29) is 5.91 Å². The van der Waals surface area contributed by atoms with Crippen LogP contribution in [0.2, 0.25) is 0 Å². The molecule has 0 saturated carbocycles. The highest BCUT2D eigenvalue weighted by Crippen LogP contribution is 2.29. The van der Waals surface area contributed by atoms with Crippen LogP contribution < -0.4 is 14.8 Å². The smallest absolute Gasteiger partial charge is 0.224 e. The number of halogens is 1. The molecule has 0 aromatic heterocycles. The number of hydrogen-bond donors (Lipinski definition) is 1. The quantitative estimate of drug-likeness (QED) is 0.509. The first-order chi connectivity index (χ1) is 12.6. The molecule has 140 valence electrons. The van der Waals surface area contributed by atoms with Gasteiger partial charge in [0.1, 0.15) is 0 Å². The first-order valence-electron chi connectivity index (χ1n) is 9.06. The molecular weight excluding hydrogens is 394 g/mol. The zero-order valence-corrected chi connectivity index (χ0v) is 17.0. The van der Waals surface area contributed by atoms with Crippen LogP contribution in [0.25, 0.3) is 0 Å². The summed E-state index contributed by atoms with van der Waals surface area (Å²) in [5, 5.41) is 2.91. The van der Waals surface area contributed by atoms with Gasteiger partial charge in [0.15, 0.2) is 11.5 Å². The van der Waals surface area contributed by atoms with Gasteiger partial charge in [-0.3, -0.25) is 4.79 Å². The first-order valence-corrected chi connectivity index (χ1v) is 9.85. The second kappa shape index (κ2) is 10.9. The van der Waals surface area contributed by atoms with Gasteiger partial charge in [-0.15, -0.1) is 0 Å². The molecule has 26 heavy (non-hydrogen) atoms. The highest BCUT2D eigenvalue weighted by molar-refractivity contribution is 9.10. The predicted molar refractivity (Wildman–Crippen MR) is 109 cm³/mol. The van der Waals surface area contributed by atoms with Crippen molar-refractivity contribution in [3.8, 4) is 11.5 Å². The van der Waals surface area contributed by atoms with E-state index in [0.29, 0.717) is 26.1 Å². The number of carbonyl (C=O) groups is 1. The summed E-state index contributed by atoms with van der Waals surface area (Å²) in [6.07, 6.45) is 3.18. The van der Waals surface area contributed by atoms with Gasteiger partial charge in [-0.05, 0) is 61.7 Å². The molecule has 0 heterocycles. The molecule has 5 heteroatoms. The number of rotatable bonds is 10. The standard InChI is InChI=1S/C21H26BrNO3/c1-3-5-14-26-19-12-6-16(15-20(19)25-4-2)7-13-21(24)23-18-10-8-17(22)9-11-18/h6,8-12,15H,3-5,7,13-14H2,1-2H3,(H,23,24). The van der Waals surface area contributed by atoms with Gasteiger partial charge in [-0.25, -0.2) is 0 Å². The number of ether oxygens (including phenoxy) is 2. The van der Waals surface area contributed by atoms with Crippen molar-refractivity contribution >= 4 is 27.5 Å². The number of anilines is 1. The third kappa shape index (κ3) is 6.71. The molecule has 1 N–H and O–H groups in total. The van der Waals surface area contributed by atoms with E-state index in [1.807, 2.05) is 49.4 Å². The summed E-state index contributed by atoms with van der Waals surface area (Å²) >= 11 is 3.38. The Bertz CT molecular complexity index is 701. The molecule has 0 spiro atoms. The minimum atomic E-state index is -0.00597. The summed E-state index contributed by atoms with van der Waals surface area (Å²) in [6.45, 7) is 5.35. The molecule has 0 bridgehead atoms. The number of carbonyl (C=O) groups excluding carboxylic acids is 1. The molecule has 2 aromatic carbocycles. The Morgan fingerprint density at radius 3 is 2.50 bits per heavy atom. The lowest BCUT2D eigenvalue weighted by Crippen LogP contribution is -2.12. The molecule has 0 radical (unpaired) electrons. The van der Waals surface area contributed by atoms with Crippen LogP contribution >= 0.6 is 15.9 Å². The zero-order chi connectivity index (χ0) is 18.8. The monoisotopic (exact) mass is 419 g/mol. The van der Waals surface area contributed by atoms with Gasteiger partial charge in [-0.1, -0.05) is 35.3 Å². The maximum Gasteiger partial charge on any atom is 0.224 e. The molecule has 0 aliphatic rings. The van der Waals surface area contributed by atoms with Gasteiger partial charge in [0.25, 0.3) is 0 Å². The second-order valence-electron chi connectivity index (χ2n) is 5.97. The molecule has 0 saturated heterocycles. The topological polar surface area (TPSA) is 47.6 Å². The van der Waals surface area contributed by atoms with E-state index in [4.69, 9.17) is 9.47 Å². The Kier molecular flexibility index (Phi) is 8.48. The third-order valence-corrected chi connectivity index (χ3v) is 4.36. The number of hydrogen-bond acceptors (Lipinski definition) is 3. The first kappa shape index (κ1) is 20.3. The van der Waals surface area contributed by atoms with E-state index < -0.39 is 0 Å². The van der Waals surface area contributed by atoms with Crippen LogP contribution in [0.5, 0.6) is 11.5 Å². The van der Waals surface area contributed by atoms with Crippen molar-refractivity contribution in [2.75, 3.05) is 18.5 Å². The zero-order valence-electron chi connectivity index (χ0n) is 15.4. The van der Waals surface area contributed by atoms with Crippen molar-refractivity contribution in [3.05, 3.63) is 52.5 Å². The number of benzene rings is 2. The number of unbranched alkanes of at least 4 members (excludes halogenated alkanes) is 1. The van der Waals surface area contributed by atoms with E-state index in [2.05, 4.69) is 28.2 Å². The largest absolute Gasteiger partial charge is 0.490 e. The fourth-order valence-corrected chi connectivity index (χ4v) is 2.70.